The largest absolute Gasteiger partial charge is 1.00 e. The van der Waals surface area contributed by atoms with E-state index in [9.17, 15) is 5.11 Å². The number of pyridine rings is 1. The molecular formula is C27H20N3ORb. The van der Waals surface area contributed by atoms with E-state index < -0.39 is 0 Å². The smallest absolute Gasteiger partial charge is 1.00 e. The third-order valence-corrected chi connectivity index (χ3v) is 5.06. The predicted octanol–water partition coefficient (Wildman–Crippen LogP) is 3.36. The second-order valence-electron chi connectivity index (χ2n) is 7.14. The van der Waals surface area contributed by atoms with Crippen molar-refractivity contribution < 1.29 is 64.7 Å². The van der Waals surface area contributed by atoms with E-state index in [1.54, 1.807) is 12.3 Å². The summed E-state index contributed by atoms with van der Waals surface area (Å²) >= 11 is 0. The summed E-state index contributed by atoms with van der Waals surface area (Å²) in [6, 6.07) is 33.1. The topological polar surface area (TPSA) is 58.9 Å². The molecule has 0 saturated heterocycles. The third-order valence-electron chi connectivity index (χ3n) is 5.06. The van der Waals surface area contributed by atoms with Crippen LogP contribution in [0, 0.1) is 0 Å². The molecule has 5 rings (SSSR count). The van der Waals surface area contributed by atoms with Crippen molar-refractivity contribution in [1.29, 1.82) is 0 Å². The van der Waals surface area contributed by atoms with Crippen molar-refractivity contribution in [2.45, 2.75) is 0 Å². The molecule has 5 heteroatoms. The molecule has 1 N–H and O–H groups in total. The summed E-state index contributed by atoms with van der Waals surface area (Å²) in [5.41, 5.74) is 5.86. The molecule has 0 aliphatic heterocycles. The van der Waals surface area contributed by atoms with Gasteiger partial charge in [-0.25, -0.2) is 9.97 Å². The Morgan fingerprint density at radius 2 is 1.19 bits per heavy atom. The Bertz CT molecular complexity index is 1280. The van der Waals surface area contributed by atoms with E-state index in [0.717, 1.165) is 28.1 Å². The molecule has 5 aromatic rings. The average molecular weight is 488 g/mol. The summed E-state index contributed by atoms with van der Waals surface area (Å²) in [6.07, 6.45) is 1.72. The molecule has 32 heavy (non-hydrogen) atoms. The van der Waals surface area contributed by atoms with Gasteiger partial charge < -0.3 is 6.53 Å². The van der Waals surface area contributed by atoms with E-state index in [0.29, 0.717) is 17.1 Å². The number of aromatic nitrogens is 3. The quantitative estimate of drug-likeness (QED) is 0.422. The Hall–Kier alpha value is -2.50. The molecule has 0 fully saturated rings. The van der Waals surface area contributed by atoms with Crippen LogP contribution < -0.4 is 58.2 Å². The first-order valence-corrected chi connectivity index (χ1v) is 10.0. The number of hydrogen-bond donors (Lipinski definition) is 1. The molecule has 2 aromatic heterocycles. The van der Waals surface area contributed by atoms with Gasteiger partial charge in [0.05, 0.1) is 17.1 Å². The summed E-state index contributed by atoms with van der Waals surface area (Å²) in [7, 11) is 0. The molecule has 2 heterocycles. The van der Waals surface area contributed by atoms with Crippen LogP contribution in [0.5, 0.6) is 5.75 Å². The summed E-state index contributed by atoms with van der Waals surface area (Å²) in [4.78, 5) is 14.1. The zero-order valence-electron chi connectivity index (χ0n) is 18.7. The van der Waals surface area contributed by atoms with Gasteiger partial charge in [-0.2, -0.15) is 0 Å². The number of phenols is 1. The number of hydrogen-bond acceptors (Lipinski definition) is 4. The molecule has 0 bridgehead atoms. The second-order valence-corrected chi connectivity index (χ2v) is 7.14. The van der Waals surface area contributed by atoms with Gasteiger partial charge in [0.15, 0.2) is 5.82 Å². The molecule has 0 saturated carbocycles. The monoisotopic (exact) mass is 487 g/mol. The van der Waals surface area contributed by atoms with Crippen molar-refractivity contribution in [1.82, 2.24) is 15.0 Å². The van der Waals surface area contributed by atoms with Gasteiger partial charge in [0.1, 0.15) is 5.75 Å². The van der Waals surface area contributed by atoms with E-state index in [4.69, 9.17) is 9.97 Å². The molecular weight excluding hydrogens is 468 g/mol. The van der Waals surface area contributed by atoms with Crippen LogP contribution >= 0.6 is 0 Å². The first-order chi connectivity index (χ1) is 15.3. The number of rotatable bonds is 4. The maximum Gasteiger partial charge on any atom is 1.00 e. The Balaban J connectivity index is 0.00000153. The van der Waals surface area contributed by atoms with Gasteiger partial charge in [-0.3, -0.25) is 4.98 Å². The fourth-order valence-electron chi connectivity index (χ4n) is 3.49. The predicted molar refractivity (Wildman–Crippen MR) is 124 cm³/mol. The SMILES string of the molecule is Oc1ccc(-c2cc(-c3ccccc3)nc(-c3ccccc3)n2)cc1-c1ccccn1.[H-].[Rb+]. The number of benzene rings is 3. The van der Waals surface area contributed by atoms with Crippen molar-refractivity contribution in [3.8, 4) is 50.9 Å². The summed E-state index contributed by atoms with van der Waals surface area (Å²) in [6.45, 7) is 0. The average Bonchev–Trinajstić information content (AvgIpc) is 2.86. The maximum absolute atomic E-state index is 10.4. The van der Waals surface area contributed by atoms with Crippen molar-refractivity contribution >= 4 is 0 Å². The Morgan fingerprint density at radius 1 is 0.562 bits per heavy atom. The van der Waals surface area contributed by atoms with Gasteiger partial charge in [-0.15, -0.1) is 0 Å². The van der Waals surface area contributed by atoms with E-state index in [-0.39, 0.29) is 65.4 Å². The fraction of sp³-hybridized carbons (Fsp3) is 0. The van der Waals surface area contributed by atoms with Crippen LogP contribution in [0.25, 0.3) is 45.2 Å². The van der Waals surface area contributed by atoms with Gasteiger partial charge in [0, 0.05) is 28.5 Å². The van der Waals surface area contributed by atoms with Crippen molar-refractivity contribution in [2.24, 2.45) is 0 Å². The first kappa shape index (κ1) is 22.7. The van der Waals surface area contributed by atoms with Crippen LogP contribution in [-0.4, -0.2) is 20.1 Å². The molecule has 3 aromatic carbocycles. The minimum absolute atomic E-state index is 0. The molecule has 4 nitrogen and oxygen atoms in total. The Kier molecular flexibility index (Phi) is 7.38. The van der Waals surface area contributed by atoms with Crippen LogP contribution in [0.2, 0.25) is 0 Å². The molecule has 0 unspecified atom stereocenters. The molecule has 150 valence electrons. The van der Waals surface area contributed by atoms with Gasteiger partial charge in [-0.1, -0.05) is 66.7 Å². The van der Waals surface area contributed by atoms with E-state index in [1.807, 2.05) is 97.1 Å². The van der Waals surface area contributed by atoms with Gasteiger partial charge in [-0.05, 0) is 36.4 Å². The van der Waals surface area contributed by atoms with Gasteiger partial charge >= 0.3 is 58.2 Å². The van der Waals surface area contributed by atoms with Crippen LogP contribution in [-0.2, 0) is 0 Å². The molecule has 0 spiro atoms. The van der Waals surface area contributed by atoms with E-state index >= 15 is 0 Å². The first-order valence-electron chi connectivity index (χ1n) is 10.0. The zero-order chi connectivity index (χ0) is 21.0. The minimum atomic E-state index is 0. The maximum atomic E-state index is 10.4. The van der Waals surface area contributed by atoms with Gasteiger partial charge in [0.2, 0.25) is 0 Å². The standard InChI is InChI=1S/C27H19N3O.Rb.H/c31-26-15-14-21(17-22(26)23-13-7-8-16-28-23)25-18-24(19-9-3-1-4-10-19)29-27(30-25)20-11-5-2-6-12-20;;/h1-18,31H;;/q;+1;-1. The normalized spacial score (nSPS) is 10.4. The minimum Gasteiger partial charge on any atom is -1.00 e. The summed E-state index contributed by atoms with van der Waals surface area (Å²) in [5.74, 6) is 0.840. The fourth-order valence-corrected chi connectivity index (χ4v) is 3.49. The van der Waals surface area contributed by atoms with Crippen LogP contribution in [0.1, 0.15) is 1.43 Å². The van der Waals surface area contributed by atoms with Crippen molar-refractivity contribution in [2.75, 3.05) is 0 Å². The van der Waals surface area contributed by atoms with Crippen LogP contribution in [0.4, 0.5) is 0 Å². The van der Waals surface area contributed by atoms with Crippen molar-refractivity contribution in [3.63, 3.8) is 0 Å². The third kappa shape index (κ3) is 4.94. The number of phenolic OH excluding ortho intramolecular Hbond substituents is 1. The summed E-state index contributed by atoms with van der Waals surface area (Å²) < 4.78 is 0. The van der Waals surface area contributed by atoms with Crippen LogP contribution in [0.3, 0.4) is 0 Å². The molecule has 0 radical (unpaired) electrons. The number of nitrogens with zero attached hydrogens (tertiary/aromatic N) is 3. The van der Waals surface area contributed by atoms with Crippen LogP contribution in [0.15, 0.2) is 109 Å². The zero-order valence-corrected chi connectivity index (χ0v) is 22.6. The Morgan fingerprint density at radius 3 is 1.84 bits per heavy atom. The number of aromatic hydroxyl groups is 1. The molecule has 0 amide bonds. The molecule has 0 atom stereocenters. The Labute approximate surface area is 237 Å². The van der Waals surface area contributed by atoms with Crippen molar-refractivity contribution in [3.05, 3.63) is 109 Å². The second kappa shape index (κ2) is 10.4. The van der Waals surface area contributed by atoms with E-state index in [1.165, 1.54) is 0 Å². The van der Waals surface area contributed by atoms with E-state index in [2.05, 4.69) is 4.98 Å². The summed E-state index contributed by atoms with van der Waals surface area (Å²) in [5, 5.41) is 10.4. The molecule has 0 aliphatic rings. The molecule has 0 aliphatic carbocycles. The van der Waals surface area contributed by atoms with Gasteiger partial charge in [0.25, 0.3) is 0 Å².